The Hall–Kier alpha value is -1.32. The van der Waals surface area contributed by atoms with Gasteiger partial charge < -0.3 is 14.7 Å². The van der Waals surface area contributed by atoms with Crippen molar-refractivity contribution in [3.05, 3.63) is 35.4 Å². The number of likely N-dealkylation sites (N-methyl/N-ethyl adjacent to an activating group) is 1. The smallest absolute Gasteiger partial charge is 0.119 e. The van der Waals surface area contributed by atoms with Gasteiger partial charge in [0.15, 0.2) is 0 Å². The average Bonchev–Trinajstić information content (AvgIpc) is 2.31. The predicted octanol–water partition coefficient (Wildman–Crippen LogP) is 2.02. The molecular weight excluding hydrogens is 214 g/mol. The lowest BCUT2D eigenvalue weighted by atomic mass is 10.1. The van der Waals surface area contributed by atoms with Gasteiger partial charge in [0, 0.05) is 6.54 Å². The third-order valence-corrected chi connectivity index (χ3v) is 2.35. The van der Waals surface area contributed by atoms with Gasteiger partial charge in [-0.3, -0.25) is 0 Å². The summed E-state index contributed by atoms with van der Waals surface area (Å²) in [6.45, 7) is 3.60. The van der Waals surface area contributed by atoms with Crippen LogP contribution < -0.4 is 4.74 Å². The van der Waals surface area contributed by atoms with E-state index in [2.05, 4.69) is 4.90 Å². The molecule has 0 heterocycles. The van der Waals surface area contributed by atoms with Gasteiger partial charge in [0.1, 0.15) is 12.4 Å². The van der Waals surface area contributed by atoms with Gasteiger partial charge in [-0.15, -0.1) is 0 Å². The minimum atomic E-state index is 0.0983. The third-order valence-electron chi connectivity index (χ3n) is 2.35. The molecular formula is C14H21NO2. The van der Waals surface area contributed by atoms with Gasteiger partial charge in [-0.1, -0.05) is 18.2 Å². The summed E-state index contributed by atoms with van der Waals surface area (Å²) in [6, 6.07) is 7.88. The van der Waals surface area contributed by atoms with Crippen LogP contribution >= 0.6 is 0 Å². The summed E-state index contributed by atoms with van der Waals surface area (Å²) in [4.78, 5) is 2.09. The molecule has 1 N–H and O–H groups in total. The Balaban J connectivity index is 2.50. The maximum absolute atomic E-state index is 8.92. The second-order valence-corrected chi connectivity index (χ2v) is 4.37. The second-order valence-electron chi connectivity index (χ2n) is 4.37. The molecule has 1 aromatic carbocycles. The first-order valence-corrected chi connectivity index (χ1v) is 5.77. The van der Waals surface area contributed by atoms with Crippen LogP contribution in [0.25, 0.3) is 6.08 Å². The van der Waals surface area contributed by atoms with E-state index in [9.17, 15) is 0 Å². The molecule has 0 saturated carbocycles. The predicted molar refractivity (Wildman–Crippen MR) is 71.2 cm³/mol. The molecule has 1 rings (SSSR count). The first kappa shape index (κ1) is 13.7. The SMILES string of the molecule is CC(=Cc1ccc(OCCN(C)C)cc1)CO. The number of rotatable bonds is 6. The van der Waals surface area contributed by atoms with Gasteiger partial charge in [0.2, 0.25) is 0 Å². The van der Waals surface area contributed by atoms with Crippen molar-refractivity contribution in [2.75, 3.05) is 33.9 Å². The fourth-order valence-corrected chi connectivity index (χ4v) is 1.34. The summed E-state index contributed by atoms with van der Waals surface area (Å²) in [5.41, 5.74) is 2.03. The van der Waals surface area contributed by atoms with Gasteiger partial charge in [-0.25, -0.2) is 0 Å². The highest BCUT2D eigenvalue weighted by Gasteiger charge is 1.95. The van der Waals surface area contributed by atoms with Crippen LogP contribution in [0.5, 0.6) is 5.75 Å². The van der Waals surface area contributed by atoms with E-state index in [-0.39, 0.29) is 6.61 Å². The van der Waals surface area contributed by atoms with E-state index in [1.54, 1.807) is 0 Å². The van der Waals surface area contributed by atoms with E-state index in [1.807, 2.05) is 51.4 Å². The zero-order chi connectivity index (χ0) is 12.7. The Bertz CT molecular complexity index is 355. The van der Waals surface area contributed by atoms with Crippen LogP contribution in [0.4, 0.5) is 0 Å². The van der Waals surface area contributed by atoms with Crippen LogP contribution in [-0.2, 0) is 0 Å². The quantitative estimate of drug-likeness (QED) is 0.819. The molecule has 17 heavy (non-hydrogen) atoms. The van der Waals surface area contributed by atoms with E-state index in [0.717, 1.165) is 23.4 Å². The number of benzene rings is 1. The number of hydrogen-bond acceptors (Lipinski definition) is 3. The number of hydrogen-bond donors (Lipinski definition) is 1. The van der Waals surface area contributed by atoms with Crippen molar-refractivity contribution in [3.63, 3.8) is 0 Å². The van der Waals surface area contributed by atoms with Crippen molar-refractivity contribution in [1.82, 2.24) is 4.90 Å². The van der Waals surface area contributed by atoms with Crippen LogP contribution in [0.15, 0.2) is 29.8 Å². The maximum Gasteiger partial charge on any atom is 0.119 e. The molecule has 0 radical (unpaired) electrons. The van der Waals surface area contributed by atoms with Crippen LogP contribution in [0.1, 0.15) is 12.5 Å². The van der Waals surface area contributed by atoms with Crippen molar-refractivity contribution < 1.29 is 9.84 Å². The molecule has 0 amide bonds. The van der Waals surface area contributed by atoms with Crippen molar-refractivity contribution >= 4 is 6.08 Å². The molecule has 0 bridgehead atoms. The highest BCUT2D eigenvalue weighted by molar-refractivity contribution is 5.53. The van der Waals surface area contributed by atoms with E-state index in [1.165, 1.54) is 0 Å². The molecule has 0 saturated heterocycles. The maximum atomic E-state index is 8.92. The van der Waals surface area contributed by atoms with Gasteiger partial charge >= 0.3 is 0 Å². The summed E-state index contributed by atoms with van der Waals surface area (Å²) in [6.07, 6.45) is 1.96. The van der Waals surface area contributed by atoms with Gasteiger partial charge in [0.05, 0.1) is 6.61 Å². The normalized spacial score (nSPS) is 11.9. The highest BCUT2D eigenvalue weighted by Crippen LogP contribution is 2.14. The van der Waals surface area contributed by atoms with Crippen molar-refractivity contribution in [2.24, 2.45) is 0 Å². The van der Waals surface area contributed by atoms with E-state index < -0.39 is 0 Å². The fourth-order valence-electron chi connectivity index (χ4n) is 1.34. The zero-order valence-electron chi connectivity index (χ0n) is 10.8. The Morgan fingerprint density at radius 1 is 1.29 bits per heavy atom. The Kier molecular flexibility index (Phi) is 5.73. The molecule has 0 fully saturated rings. The monoisotopic (exact) mass is 235 g/mol. The molecule has 1 aromatic rings. The Morgan fingerprint density at radius 2 is 1.94 bits per heavy atom. The molecule has 0 aromatic heterocycles. The largest absolute Gasteiger partial charge is 0.492 e. The summed E-state index contributed by atoms with van der Waals surface area (Å²) in [5, 5.41) is 8.92. The Labute approximate surface area is 103 Å². The molecule has 0 atom stereocenters. The van der Waals surface area contributed by atoms with Crippen LogP contribution in [0, 0.1) is 0 Å². The fraction of sp³-hybridized carbons (Fsp3) is 0.429. The third kappa shape index (κ3) is 5.52. The summed E-state index contributed by atoms with van der Waals surface area (Å²) in [5.74, 6) is 0.880. The first-order chi connectivity index (χ1) is 8.11. The number of nitrogens with zero attached hydrogens (tertiary/aromatic N) is 1. The summed E-state index contributed by atoms with van der Waals surface area (Å²) >= 11 is 0. The van der Waals surface area contributed by atoms with Gasteiger partial charge in [-0.2, -0.15) is 0 Å². The van der Waals surface area contributed by atoms with Crippen LogP contribution in [0.3, 0.4) is 0 Å². The summed E-state index contributed by atoms with van der Waals surface area (Å²) in [7, 11) is 4.05. The van der Waals surface area contributed by atoms with E-state index in [0.29, 0.717) is 6.61 Å². The van der Waals surface area contributed by atoms with E-state index >= 15 is 0 Å². The first-order valence-electron chi connectivity index (χ1n) is 5.77. The Morgan fingerprint density at radius 3 is 2.47 bits per heavy atom. The average molecular weight is 235 g/mol. The van der Waals surface area contributed by atoms with Crippen molar-refractivity contribution in [3.8, 4) is 5.75 Å². The van der Waals surface area contributed by atoms with Gasteiger partial charge in [-0.05, 0) is 44.3 Å². The molecule has 3 heteroatoms. The second kappa shape index (κ2) is 7.09. The van der Waals surface area contributed by atoms with Gasteiger partial charge in [0.25, 0.3) is 0 Å². The van der Waals surface area contributed by atoms with Crippen molar-refractivity contribution in [2.45, 2.75) is 6.92 Å². The number of ether oxygens (including phenoxy) is 1. The molecule has 0 aliphatic heterocycles. The molecule has 0 spiro atoms. The van der Waals surface area contributed by atoms with Crippen molar-refractivity contribution in [1.29, 1.82) is 0 Å². The molecule has 94 valence electrons. The number of aliphatic hydroxyl groups is 1. The van der Waals surface area contributed by atoms with Crippen LogP contribution in [-0.4, -0.2) is 43.9 Å². The summed E-state index contributed by atoms with van der Waals surface area (Å²) < 4.78 is 5.59. The minimum absolute atomic E-state index is 0.0983. The lowest BCUT2D eigenvalue weighted by molar-refractivity contribution is 0.261. The van der Waals surface area contributed by atoms with Crippen LogP contribution in [0.2, 0.25) is 0 Å². The highest BCUT2D eigenvalue weighted by atomic mass is 16.5. The standard InChI is InChI=1S/C14H21NO2/c1-12(11-16)10-13-4-6-14(7-5-13)17-9-8-15(2)3/h4-7,10,16H,8-9,11H2,1-3H3. The lowest BCUT2D eigenvalue weighted by Crippen LogP contribution is -2.19. The minimum Gasteiger partial charge on any atom is -0.492 e. The molecule has 0 aliphatic rings. The molecule has 0 aliphatic carbocycles. The zero-order valence-corrected chi connectivity index (χ0v) is 10.8. The lowest BCUT2D eigenvalue weighted by Gasteiger charge is -2.11. The van der Waals surface area contributed by atoms with E-state index in [4.69, 9.17) is 9.84 Å². The molecule has 0 unspecified atom stereocenters. The molecule has 3 nitrogen and oxygen atoms in total. The topological polar surface area (TPSA) is 32.7 Å². The number of aliphatic hydroxyl groups excluding tert-OH is 1.